The first kappa shape index (κ1) is 11.9. The molecule has 0 aromatic carbocycles. The van der Waals surface area contributed by atoms with Crippen LogP contribution in [0.15, 0.2) is 0 Å². The van der Waals surface area contributed by atoms with E-state index in [-0.39, 0.29) is 5.54 Å². The number of nitrogens with zero attached hydrogens (tertiary/aromatic N) is 1. The summed E-state index contributed by atoms with van der Waals surface area (Å²) >= 11 is 0. The molecular weight excluding hydrogens is 236 g/mol. The smallest absolute Gasteiger partial charge is 0.150 e. The number of likely N-dealkylation sites (tertiary alicyclic amines) is 1. The van der Waals surface area contributed by atoms with Gasteiger partial charge in [0.2, 0.25) is 0 Å². The van der Waals surface area contributed by atoms with Gasteiger partial charge in [0, 0.05) is 24.7 Å². The molecule has 1 saturated carbocycles. The van der Waals surface area contributed by atoms with Crippen molar-refractivity contribution in [3.05, 3.63) is 0 Å². The molecule has 0 aromatic heterocycles. The molecular formula is C12H22N2O2S. The quantitative estimate of drug-likeness (QED) is 0.777. The highest BCUT2D eigenvalue weighted by Crippen LogP contribution is 2.44. The first-order valence-corrected chi connectivity index (χ1v) is 8.54. The Labute approximate surface area is 103 Å². The summed E-state index contributed by atoms with van der Waals surface area (Å²) in [4.78, 5) is 2.57. The zero-order chi connectivity index (χ0) is 12.1. The summed E-state index contributed by atoms with van der Waals surface area (Å²) in [5, 5.41) is 0. The lowest BCUT2D eigenvalue weighted by molar-refractivity contribution is 0.0517. The Morgan fingerprint density at radius 2 is 1.94 bits per heavy atom. The third-order valence-corrected chi connectivity index (χ3v) is 6.81. The summed E-state index contributed by atoms with van der Waals surface area (Å²) in [7, 11) is -2.79. The van der Waals surface area contributed by atoms with Gasteiger partial charge in [0.25, 0.3) is 0 Å². The fraction of sp³-hybridized carbons (Fsp3) is 1.00. The van der Waals surface area contributed by atoms with E-state index in [1.54, 1.807) is 0 Å². The normalized spacial score (nSPS) is 39.6. The number of rotatable bonds is 2. The van der Waals surface area contributed by atoms with E-state index in [4.69, 9.17) is 5.73 Å². The lowest BCUT2D eigenvalue weighted by atomic mass is 9.88. The second-order valence-corrected chi connectivity index (χ2v) is 8.37. The second-order valence-electron chi connectivity index (χ2n) is 6.07. The van der Waals surface area contributed by atoms with Crippen LogP contribution < -0.4 is 5.73 Å². The molecule has 2 atom stereocenters. The van der Waals surface area contributed by atoms with E-state index < -0.39 is 9.84 Å². The second kappa shape index (κ2) is 3.93. The predicted molar refractivity (Wildman–Crippen MR) is 67.5 cm³/mol. The van der Waals surface area contributed by atoms with Crippen LogP contribution in [-0.4, -0.2) is 49.5 Å². The zero-order valence-electron chi connectivity index (χ0n) is 10.3. The minimum absolute atomic E-state index is 0.00877. The highest BCUT2D eigenvalue weighted by molar-refractivity contribution is 7.91. The van der Waals surface area contributed by atoms with Gasteiger partial charge in [-0.1, -0.05) is 0 Å². The van der Waals surface area contributed by atoms with Crippen LogP contribution in [0.3, 0.4) is 0 Å². The van der Waals surface area contributed by atoms with E-state index in [0.29, 0.717) is 24.1 Å². The third-order valence-electron chi connectivity index (χ3n) is 5.16. The van der Waals surface area contributed by atoms with Gasteiger partial charge in [-0.05, 0) is 38.0 Å². The fourth-order valence-electron chi connectivity index (χ4n) is 4.03. The zero-order valence-corrected chi connectivity index (χ0v) is 11.1. The van der Waals surface area contributed by atoms with Crippen molar-refractivity contribution in [1.82, 2.24) is 4.90 Å². The summed E-state index contributed by atoms with van der Waals surface area (Å²) in [6.45, 7) is 1.77. The van der Waals surface area contributed by atoms with E-state index >= 15 is 0 Å². The number of piperidine rings is 1. The molecule has 3 fully saturated rings. The van der Waals surface area contributed by atoms with Gasteiger partial charge in [0.05, 0.1) is 11.5 Å². The highest BCUT2D eigenvalue weighted by Gasteiger charge is 2.49. The standard InChI is InChI=1S/C12H22N2O2S/c13-9-12(3-5-17(15,16)6-4-12)14-8-10-1-2-11(14)7-10/h10-11H,1-9,13H2. The van der Waals surface area contributed by atoms with Gasteiger partial charge in [-0.25, -0.2) is 8.42 Å². The molecule has 1 aliphatic carbocycles. The molecule has 2 N–H and O–H groups in total. The molecule has 0 amide bonds. The Balaban J connectivity index is 1.79. The van der Waals surface area contributed by atoms with Crippen molar-refractivity contribution in [2.24, 2.45) is 11.7 Å². The Bertz CT molecular complexity index is 393. The van der Waals surface area contributed by atoms with Crippen LogP contribution in [-0.2, 0) is 9.84 Å². The molecule has 4 nitrogen and oxygen atoms in total. The van der Waals surface area contributed by atoms with Gasteiger partial charge >= 0.3 is 0 Å². The van der Waals surface area contributed by atoms with E-state index in [0.717, 1.165) is 25.3 Å². The molecule has 3 aliphatic rings. The first-order valence-electron chi connectivity index (χ1n) is 6.72. The van der Waals surface area contributed by atoms with Crippen molar-refractivity contribution in [3.8, 4) is 0 Å². The topological polar surface area (TPSA) is 63.4 Å². The van der Waals surface area contributed by atoms with Gasteiger partial charge in [-0.3, -0.25) is 4.90 Å². The van der Waals surface area contributed by atoms with Crippen molar-refractivity contribution in [2.45, 2.75) is 43.7 Å². The third kappa shape index (κ3) is 1.92. The molecule has 2 bridgehead atoms. The summed E-state index contributed by atoms with van der Waals surface area (Å²) in [5.41, 5.74) is 5.99. The minimum atomic E-state index is -2.79. The average molecular weight is 258 g/mol. The van der Waals surface area contributed by atoms with Gasteiger partial charge in [0.1, 0.15) is 9.84 Å². The highest BCUT2D eigenvalue weighted by atomic mass is 32.2. The lowest BCUT2D eigenvalue weighted by Gasteiger charge is -2.47. The molecule has 2 saturated heterocycles. The number of hydrogen-bond acceptors (Lipinski definition) is 4. The van der Waals surface area contributed by atoms with E-state index in [1.807, 2.05) is 0 Å². The van der Waals surface area contributed by atoms with Gasteiger partial charge in [0.15, 0.2) is 0 Å². The van der Waals surface area contributed by atoms with Crippen LogP contribution >= 0.6 is 0 Å². The Morgan fingerprint density at radius 3 is 2.41 bits per heavy atom. The van der Waals surface area contributed by atoms with Crippen molar-refractivity contribution < 1.29 is 8.42 Å². The largest absolute Gasteiger partial charge is 0.329 e. The van der Waals surface area contributed by atoms with Crippen LogP contribution in [0.5, 0.6) is 0 Å². The van der Waals surface area contributed by atoms with Gasteiger partial charge in [-0.15, -0.1) is 0 Å². The van der Waals surface area contributed by atoms with Gasteiger partial charge < -0.3 is 5.73 Å². The lowest BCUT2D eigenvalue weighted by Crippen LogP contribution is -2.59. The SMILES string of the molecule is NCC1(N2CC3CCC2C3)CCS(=O)(=O)CC1. The number of nitrogens with two attached hydrogens (primary N) is 1. The Kier molecular flexibility index (Phi) is 2.76. The van der Waals surface area contributed by atoms with Crippen molar-refractivity contribution in [2.75, 3.05) is 24.6 Å². The molecule has 3 rings (SSSR count). The molecule has 0 spiro atoms. The van der Waals surface area contributed by atoms with E-state index in [2.05, 4.69) is 4.90 Å². The monoisotopic (exact) mass is 258 g/mol. The maximum atomic E-state index is 11.6. The molecule has 5 heteroatoms. The summed E-state index contributed by atoms with van der Waals surface area (Å²) in [5.74, 6) is 1.51. The predicted octanol–water partition coefficient (Wildman–Crippen LogP) is 0.377. The molecule has 2 aliphatic heterocycles. The Morgan fingerprint density at radius 1 is 1.24 bits per heavy atom. The Hall–Kier alpha value is -0.130. The van der Waals surface area contributed by atoms with Crippen molar-refractivity contribution in [3.63, 3.8) is 0 Å². The molecule has 2 unspecified atom stereocenters. The number of fused-ring (bicyclic) bond motifs is 2. The van der Waals surface area contributed by atoms with Crippen LogP contribution in [0.2, 0.25) is 0 Å². The summed E-state index contributed by atoms with van der Waals surface area (Å²) in [6.07, 6.45) is 5.46. The number of hydrogen-bond donors (Lipinski definition) is 1. The molecule has 0 radical (unpaired) electrons. The van der Waals surface area contributed by atoms with Crippen molar-refractivity contribution in [1.29, 1.82) is 0 Å². The van der Waals surface area contributed by atoms with Crippen LogP contribution in [0.1, 0.15) is 32.1 Å². The molecule has 2 heterocycles. The average Bonchev–Trinajstić information content (AvgIpc) is 2.92. The molecule has 0 aromatic rings. The first-order chi connectivity index (χ1) is 8.05. The van der Waals surface area contributed by atoms with Crippen LogP contribution in [0, 0.1) is 5.92 Å². The maximum Gasteiger partial charge on any atom is 0.150 e. The maximum absolute atomic E-state index is 11.6. The van der Waals surface area contributed by atoms with Crippen molar-refractivity contribution >= 4 is 9.84 Å². The summed E-state index contributed by atoms with van der Waals surface area (Å²) < 4.78 is 23.1. The molecule has 17 heavy (non-hydrogen) atoms. The fourth-order valence-corrected chi connectivity index (χ4v) is 5.62. The minimum Gasteiger partial charge on any atom is -0.329 e. The molecule has 98 valence electrons. The van der Waals surface area contributed by atoms with Crippen LogP contribution in [0.25, 0.3) is 0 Å². The van der Waals surface area contributed by atoms with E-state index in [1.165, 1.54) is 19.3 Å². The van der Waals surface area contributed by atoms with E-state index in [9.17, 15) is 8.42 Å². The summed E-state index contributed by atoms with van der Waals surface area (Å²) in [6, 6.07) is 0.685. The van der Waals surface area contributed by atoms with Gasteiger partial charge in [-0.2, -0.15) is 0 Å². The van der Waals surface area contributed by atoms with Crippen LogP contribution in [0.4, 0.5) is 0 Å². The number of sulfone groups is 1.